The van der Waals surface area contributed by atoms with Gasteiger partial charge in [-0.2, -0.15) is 0 Å². The normalized spacial score (nSPS) is 18.1. The van der Waals surface area contributed by atoms with Gasteiger partial charge in [0.2, 0.25) is 0 Å². The third-order valence-corrected chi connectivity index (χ3v) is 5.72. The van der Waals surface area contributed by atoms with Crippen LogP contribution in [0.25, 0.3) is 22.0 Å². The Hall–Kier alpha value is -2.99. The maximum absolute atomic E-state index is 12.1. The van der Waals surface area contributed by atoms with Crippen molar-refractivity contribution in [1.82, 2.24) is 15.0 Å². The molecule has 0 bridgehead atoms. The first-order chi connectivity index (χ1) is 14.5. The molecule has 0 unspecified atom stereocenters. The minimum Gasteiger partial charge on any atom is -0.370 e. The standard InChI is InChI=1S/C25H30N4O2/c1-15(19-11-24(3,4)31-25(5,6)12-19)27-20-9-18(13-26-14-20)17-7-8-21-22(10-17)28-16(2)29-23(21)30/h7-10,13-14,19,27H,1,11-12H2,2-6H3,(H,28,29,30). The Kier molecular flexibility index (Phi) is 5.21. The quantitative estimate of drug-likeness (QED) is 0.608. The summed E-state index contributed by atoms with van der Waals surface area (Å²) in [5, 5.41) is 4.05. The van der Waals surface area contributed by atoms with E-state index in [1.54, 1.807) is 19.2 Å². The molecule has 1 aliphatic rings. The zero-order chi connectivity index (χ0) is 22.4. The first kappa shape index (κ1) is 21.2. The molecule has 31 heavy (non-hydrogen) atoms. The monoisotopic (exact) mass is 418 g/mol. The van der Waals surface area contributed by atoms with E-state index in [0.29, 0.717) is 22.6 Å². The minimum absolute atomic E-state index is 0.124. The minimum atomic E-state index is -0.189. The first-order valence-corrected chi connectivity index (χ1v) is 10.6. The zero-order valence-corrected chi connectivity index (χ0v) is 18.9. The third kappa shape index (κ3) is 4.69. The molecule has 162 valence electrons. The number of rotatable bonds is 4. The van der Waals surface area contributed by atoms with Crippen molar-refractivity contribution in [1.29, 1.82) is 0 Å². The molecule has 1 aromatic carbocycles. The summed E-state index contributed by atoms with van der Waals surface area (Å²) in [5.41, 5.74) is 3.95. The van der Waals surface area contributed by atoms with Crippen molar-refractivity contribution in [2.45, 2.75) is 58.7 Å². The second kappa shape index (κ2) is 7.61. The van der Waals surface area contributed by atoms with Crippen LogP contribution in [0.2, 0.25) is 0 Å². The number of pyridine rings is 1. The van der Waals surface area contributed by atoms with E-state index in [1.165, 1.54) is 0 Å². The summed E-state index contributed by atoms with van der Waals surface area (Å²) in [6.07, 6.45) is 5.45. The zero-order valence-electron chi connectivity index (χ0n) is 18.9. The lowest BCUT2D eigenvalue weighted by molar-refractivity contribution is -0.167. The highest BCUT2D eigenvalue weighted by Crippen LogP contribution is 2.41. The molecule has 0 amide bonds. The van der Waals surface area contributed by atoms with Crippen molar-refractivity contribution in [3.05, 3.63) is 65.1 Å². The van der Waals surface area contributed by atoms with Crippen molar-refractivity contribution in [2.75, 3.05) is 5.32 Å². The second-order valence-corrected chi connectivity index (χ2v) is 9.72. The fraction of sp³-hybridized carbons (Fsp3) is 0.400. The van der Waals surface area contributed by atoms with Gasteiger partial charge in [-0.05, 0) is 71.2 Å². The van der Waals surface area contributed by atoms with Gasteiger partial charge in [0.05, 0.1) is 34.0 Å². The highest BCUT2D eigenvalue weighted by molar-refractivity contribution is 5.84. The van der Waals surface area contributed by atoms with E-state index in [9.17, 15) is 4.79 Å². The molecular weight excluding hydrogens is 388 g/mol. The number of aromatic nitrogens is 3. The van der Waals surface area contributed by atoms with Crippen LogP contribution in [0.4, 0.5) is 5.69 Å². The van der Waals surface area contributed by atoms with Crippen LogP contribution < -0.4 is 10.9 Å². The van der Waals surface area contributed by atoms with Gasteiger partial charge in [-0.15, -0.1) is 0 Å². The Morgan fingerprint density at radius 1 is 1.13 bits per heavy atom. The largest absolute Gasteiger partial charge is 0.370 e. The number of H-pyrrole nitrogens is 1. The summed E-state index contributed by atoms with van der Waals surface area (Å²) in [6.45, 7) is 14.7. The topological polar surface area (TPSA) is 79.9 Å². The van der Waals surface area contributed by atoms with Crippen LogP contribution in [0, 0.1) is 12.8 Å². The highest BCUT2D eigenvalue weighted by Gasteiger charge is 2.40. The van der Waals surface area contributed by atoms with Crippen molar-refractivity contribution in [3.8, 4) is 11.1 Å². The number of aromatic amines is 1. The Morgan fingerprint density at radius 2 is 1.84 bits per heavy atom. The predicted octanol–water partition coefficient (Wildman–Crippen LogP) is 5.20. The summed E-state index contributed by atoms with van der Waals surface area (Å²) in [6, 6.07) is 7.71. The van der Waals surface area contributed by atoms with Gasteiger partial charge in [0.15, 0.2) is 0 Å². The lowest BCUT2D eigenvalue weighted by Gasteiger charge is -2.46. The fourth-order valence-corrected chi connectivity index (χ4v) is 4.73. The molecule has 0 radical (unpaired) electrons. The fourth-order valence-electron chi connectivity index (χ4n) is 4.73. The van der Waals surface area contributed by atoms with Gasteiger partial charge in [0.25, 0.3) is 5.56 Å². The molecule has 6 heteroatoms. The molecule has 3 heterocycles. The predicted molar refractivity (Wildman–Crippen MR) is 125 cm³/mol. The molecule has 3 aromatic rings. The van der Waals surface area contributed by atoms with Gasteiger partial charge in [0, 0.05) is 23.4 Å². The highest BCUT2D eigenvalue weighted by atomic mass is 16.5. The van der Waals surface area contributed by atoms with Crippen LogP contribution in [0.3, 0.4) is 0 Å². The molecule has 2 aromatic heterocycles. The summed E-state index contributed by atoms with van der Waals surface area (Å²) in [7, 11) is 0. The van der Waals surface area contributed by atoms with Crippen LogP contribution in [0.1, 0.15) is 46.4 Å². The number of fused-ring (bicyclic) bond motifs is 1. The molecular formula is C25H30N4O2. The Balaban J connectivity index is 1.58. The van der Waals surface area contributed by atoms with E-state index in [1.807, 2.05) is 18.3 Å². The number of nitrogens with one attached hydrogen (secondary N) is 2. The lowest BCUT2D eigenvalue weighted by Crippen LogP contribution is -2.46. The molecule has 0 spiro atoms. The molecule has 1 aliphatic heterocycles. The van der Waals surface area contributed by atoms with Crippen LogP contribution in [0.15, 0.2) is 53.7 Å². The Bertz CT molecular complexity index is 1190. The van der Waals surface area contributed by atoms with E-state index >= 15 is 0 Å². The second-order valence-electron chi connectivity index (χ2n) is 9.72. The molecule has 1 saturated heterocycles. The van der Waals surface area contributed by atoms with Gasteiger partial charge in [-0.25, -0.2) is 4.98 Å². The van der Waals surface area contributed by atoms with Gasteiger partial charge in [0.1, 0.15) is 5.82 Å². The summed E-state index contributed by atoms with van der Waals surface area (Å²) in [4.78, 5) is 23.7. The Morgan fingerprint density at radius 3 is 2.55 bits per heavy atom. The van der Waals surface area contributed by atoms with E-state index in [0.717, 1.165) is 35.4 Å². The maximum Gasteiger partial charge on any atom is 0.258 e. The number of hydrogen-bond donors (Lipinski definition) is 2. The SMILES string of the molecule is C=C(Nc1cncc(-c2ccc3c(=O)[nH]c(C)nc3c2)c1)C1CC(C)(C)OC(C)(C)C1. The van der Waals surface area contributed by atoms with E-state index < -0.39 is 0 Å². The van der Waals surface area contributed by atoms with Crippen molar-refractivity contribution < 1.29 is 4.74 Å². The van der Waals surface area contributed by atoms with Crippen LogP contribution in [0.5, 0.6) is 0 Å². The molecule has 1 fully saturated rings. The molecule has 4 rings (SSSR count). The number of allylic oxidation sites excluding steroid dienone is 1. The smallest absolute Gasteiger partial charge is 0.258 e. The van der Waals surface area contributed by atoms with Gasteiger partial charge in [-0.3, -0.25) is 9.78 Å². The number of benzene rings is 1. The molecule has 0 saturated carbocycles. The maximum atomic E-state index is 12.1. The van der Waals surface area contributed by atoms with Crippen molar-refractivity contribution in [3.63, 3.8) is 0 Å². The van der Waals surface area contributed by atoms with Gasteiger partial charge >= 0.3 is 0 Å². The average molecular weight is 419 g/mol. The molecule has 6 nitrogen and oxygen atoms in total. The van der Waals surface area contributed by atoms with Crippen molar-refractivity contribution >= 4 is 16.6 Å². The lowest BCUT2D eigenvalue weighted by atomic mass is 9.79. The first-order valence-electron chi connectivity index (χ1n) is 10.6. The summed E-state index contributed by atoms with van der Waals surface area (Å²) < 4.78 is 6.21. The molecule has 0 atom stereocenters. The van der Waals surface area contributed by atoms with Gasteiger partial charge < -0.3 is 15.0 Å². The van der Waals surface area contributed by atoms with E-state index in [4.69, 9.17) is 4.74 Å². The Labute approximate surface area is 182 Å². The summed E-state index contributed by atoms with van der Waals surface area (Å²) in [5.74, 6) is 0.906. The number of anilines is 1. The molecule has 2 N–H and O–H groups in total. The molecule has 0 aliphatic carbocycles. The number of hydrogen-bond acceptors (Lipinski definition) is 5. The number of nitrogens with zero attached hydrogens (tertiary/aromatic N) is 2. The average Bonchev–Trinajstić information content (AvgIpc) is 2.65. The third-order valence-electron chi connectivity index (χ3n) is 5.72. The van der Waals surface area contributed by atoms with Crippen LogP contribution >= 0.6 is 0 Å². The summed E-state index contributed by atoms with van der Waals surface area (Å²) >= 11 is 0. The van der Waals surface area contributed by atoms with Crippen LogP contribution in [-0.2, 0) is 4.74 Å². The number of ether oxygens (including phenoxy) is 1. The van der Waals surface area contributed by atoms with Gasteiger partial charge in [-0.1, -0.05) is 12.6 Å². The van der Waals surface area contributed by atoms with Crippen LogP contribution in [-0.4, -0.2) is 26.2 Å². The van der Waals surface area contributed by atoms with E-state index in [2.05, 4.69) is 60.6 Å². The van der Waals surface area contributed by atoms with Crippen molar-refractivity contribution in [2.24, 2.45) is 5.92 Å². The number of aryl methyl sites for hydroxylation is 1. The van der Waals surface area contributed by atoms with E-state index in [-0.39, 0.29) is 16.8 Å².